The van der Waals surface area contributed by atoms with Gasteiger partial charge < -0.3 is 11.1 Å². The normalized spacial score (nSPS) is 24.8. The molecule has 19 heavy (non-hydrogen) atoms. The highest BCUT2D eigenvalue weighted by Gasteiger charge is 2.25. The van der Waals surface area contributed by atoms with Gasteiger partial charge in [0.1, 0.15) is 0 Å². The van der Waals surface area contributed by atoms with Crippen LogP contribution in [0.3, 0.4) is 0 Å². The fraction of sp³-hybridized carbons (Fsp3) is 0.533. The number of benzene rings is 1. The second kappa shape index (κ2) is 6.40. The first-order valence-corrected chi connectivity index (χ1v) is 7.25. The summed E-state index contributed by atoms with van der Waals surface area (Å²) in [4.78, 5) is 12.2. The number of nitrogens with one attached hydrogen (secondary N) is 1. The monoisotopic (exact) mass is 280 g/mol. The zero-order valence-corrected chi connectivity index (χ0v) is 12.0. The summed E-state index contributed by atoms with van der Waals surface area (Å²) < 4.78 is 0. The summed E-state index contributed by atoms with van der Waals surface area (Å²) in [5.74, 6) is 0.268. The summed E-state index contributed by atoms with van der Waals surface area (Å²) in [5.41, 5.74) is 6.93. The van der Waals surface area contributed by atoms with Crippen LogP contribution in [0.5, 0.6) is 0 Å². The molecule has 0 saturated heterocycles. The first-order chi connectivity index (χ1) is 9.06. The van der Waals surface area contributed by atoms with Gasteiger partial charge in [-0.25, -0.2) is 0 Å². The van der Waals surface area contributed by atoms with Crippen molar-refractivity contribution in [3.8, 4) is 0 Å². The van der Waals surface area contributed by atoms with Crippen molar-refractivity contribution in [2.45, 2.75) is 44.7 Å². The second-order valence-corrected chi connectivity index (χ2v) is 5.83. The molecule has 2 rings (SSSR count). The molecular weight excluding hydrogens is 260 g/mol. The molecule has 1 aliphatic rings. The van der Waals surface area contributed by atoms with Gasteiger partial charge in [0, 0.05) is 17.0 Å². The van der Waals surface area contributed by atoms with Crippen LogP contribution in [0.25, 0.3) is 0 Å². The van der Waals surface area contributed by atoms with E-state index >= 15 is 0 Å². The summed E-state index contributed by atoms with van der Waals surface area (Å²) in [6, 6.07) is 7.88. The molecule has 0 aliphatic heterocycles. The van der Waals surface area contributed by atoms with Crippen molar-refractivity contribution in [3.05, 3.63) is 34.9 Å². The van der Waals surface area contributed by atoms with E-state index in [1.54, 1.807) is 0 Å². The Bertz CT molecular complexity index is 424. The van der Waals surface area contributed by atoms with Gasteiger partial charge in [0.15, 0.2) is 0 Å². The molecule has 3 N–H and O–H groups in total. The minimum atomic E-state index is 0.0142. The van der Waals surface area contributed by atoms with Crippen LogP contribution in [0.15, 0.2) is 24.3 Å². The highest BCUT2D eigenvalue weighted by molar-refractivity contribution is 6.30. The quantitative estimate of drug-likeness (QED) is 0.894. The molecule has 1 aromatic carbocycles. The smallest absolute Gasteiger partial charge is 0.223 e. The highest BCUT2D eigenvalue weighted by atomic mass is 35.5. The molecule has 3 nitrogen and oxygen atoms in total. The number of hydrogen-bond acceptors (Lipinski definition) is 2. The summed E-state index contributed by atoms with van der Waals surface area (Å²) >= 11 is 5.86. The van der Waals surface area contributed by atoms with E-state index < -0.39 is 0 Å². The SMILES string of the molecule is C[C@@H](NC(=O)C1CCC(N)CC1)c1ccc(Cl)cc1. The Morgan fingerprint density at radius 2 is 1.84 bits per heavy atom. The Labute approximate surface area is 119 Å². The standard InChI is InChI=1S/C15H21ClN2O/c1-10(11-2-6-13(16)7-3-11)18-15(19)12-4-8-14(17)9-5-12/h2-3,6-7,10,12,14H,4-5,8-9,17H2,1H3,(H,18,19)/t10-,12?,14?/m1/s1. The Balaban J connectivity index is 1.89. The molecule has 0 radical (unpaired) electrons. The van der Waals surface area contributed by atoms with Crippen LogP contribution in [0.4, 0.5) is 0 Å². The Morgan fingerprint density at radius 1 is 1.26 bits per heavy atom. The average molecular weight is 281 g/mol. The minimum Gasteiger partial charge on any atom is -0.349 e. The van der Waals surface area contributed by atoms with Crippen molar-refractivity contribution in [2.75, 3.05) is 0 Å². The van der Waals surface area contributed by atoms with Gasteiger partial charge in [-0.15, -0.1) is 0 Å². The maximum Gasteiger partial charge on any atom is 0.223 e. The van der Waals surface area contributed by atoms with Crippen LogP contribution in [0.2, 0.25) is 5.02 Å². The molecule has 1 amide bonds. The third-order valence-electron chi connectivity index (χ3n) is 3.87. The van der Waals surface area contributed by atoms with Crippen molar-refractivity contribution in [2.24, 2.45) is 11.7 Å². The molecule has 4 heteroatoms. The van der Waals surface area contributed by atoms with Gasteiger partial charge in [-0.05, 0) is 50.3 Å². The molecular formula is C15H21ClN2O. The molecule has 0 aromatic heterocycles. The van der Waals surface area contributed by atoms with E-state index in [1.807, 2.05) is 31.2 Å². The third-order valence-corrected chi connectivity index (χ3v) is 4.12. The molecule has 1 aliphatic carbocycles. The zero-order valence-electron chi connectivity index (χ0n) is 11.2. The lowest BCUT2D eigenvalue weighted by atomic mass is 9.85. The lowest BCUT2D eigenvalue weighted by molar-refractivity contribution is -0.126. The van der Waals surface area contributed by atoms with Gasteiger partial charge in [-0.2, -0.15) is 0 Å². The summed E-state index contributed by atoms with van der Waals surface area (Å²) in [7, 11) is 0. The van der Waals surface area contributed by atoms with Crippen LogP contribution < -0.4 is 11.1 Å². The fourth-order valence-corrected chi connectivity index (χ4v) is 2.67. The maximum atomic E-state index is 12.2. The lowest BCUT2D eigenvalue weighted by Gasteiger charge is -2.26. The largest absolute Gasteiger partial charge is 0.349 e. The molecule has 0 heterocycles. The van der Waals surface area contributed by atoms with Gasteiger partial charge in [0.25, 0.3) is 0 Å². The Kier molecular flexibility index (Phi) is 4.83. The number of amides is 1. The van der Waals surface area contributed by atoms with Crippen LogP contribution in [0, 0.1) is 5.92 Å². The summed E-state index contributed by atoms with van der Waals surface area (Å²) in [6.45, 7) is 2.00. The maximum absolute atomic E-state index is 12.2. The topological polar surface area (TPSA) is 55.1 Å². The highest BCUT2D eigenvalue weighted by Crippen LogP contribution is 2.24. The molecule has 0 unspecified atom stereocenters. The average Bonchev–Trinajstić information content (AvgIpc) is 2.40. The van der Waals surface area contributed by atoms with Crippen molar-refractivity contribution >= 4 is 17.5 Å². The van der Waals surface area contributed by atoms with E-state index in [-0.39, 0.29) is 23.9 Å². The second-order valence-electron chi connectivity index (χ2n) is 5.39. The summed E-state index contributed by atoms with van der Waals surface area (Å²) in [6.07, 6.45) is 3.71. The Hall–Kier alpha value is -1.06. The van der Waals surface area contributed by atoms with E-state index in [2.05, 4.69) is 5.32 Å². The molecule has 1 saturated carbocycles. The fourth-order valence-electron chi connectivity index (χ4n) is 2.55. The van der Waals surface area contributed by atoms with Crippen molar-refractivity contribution in [3.63, 3.8) is 0 Å². The van der Waals surface area contributed by atoms with Gasteiger partial charge in [0.05, 0.1) is 6.04 Å². The first kappa shape index (κ1) is 14.4. The first-order valence-electron chi connectivity index (χ1n) is 6.87. The zero-order chi connectivity index (χ0) is 13.8. The number of hydrogen-bond donors (Lipinski definition) is 2. The third kappa shape index (κ3) is 3.95. The lowest BCUT2D eigenvalue weighted by Crippen LogP contribution is -2.37. The van der Waals surface area contributed by atoms with E-state index in [0.717, 1.165) is 31.2 Å². The van der Waals surface area contributed by atoms with E-state index in [1.165, 1.54) is 0 Å². The molecule has 1 fully saturated rings. The molecule has 0 bridgehead atoms. The number of nitrogens with two attached hydrogens (primary N) is 1. The molecule has 1 aromatic rings. The van der Waals surface area contributed by atoms with E-state index in [0.29, 0.717) is 5.02 Å². The van der Waals surface area contributed by atoms with E-state index in [9.17, 15) is 4.79 Å². The molecule has 104 valence electrons. The van der Waals surface area contributed by atoms with Crippen molar-refractivity contribution in [1.29, 1.82) is 0 Å². The van der Waals surface area contributed by atoms with Gasteiger partial charge >= 0.3 is 0 Å². The van der Waals surface area contributed by atoms with Crippen LogP contribution in [-0.2, 0) is 4.79 Å². The van der Waals surface area contributed by atoms with Crippen LogP contribution >= 0.6 is 11.6 Å². The number of carbonyl (C=O) groups is 1. The molecule has 1 atom stereocenters. The van der Waals surface area contributed by atoms with Crippen LogP contribution in [-0.4, -0.2) is 11.9 Å². The number of carbonyl (C=O) groups excluding carboxylic acids is 1. The van der Waals surface area contributed by atoms with Gasteiger partial charge in [0.2, 0.25) is 5.91 Å². The van der Waals surface area contributed by atoms with Crippen molar-refractivity contribution < 1.29 is 4.79 Å². The minimum absolute atomic E-state index is 0.0142. The number of rotatable bonds is 3. The Morgan fingerprint density at radius 3 is 2.42 bits per heavy atom. The predicted octanol–water partition coefficient (Wildman–Crippen LogP) is 3.03. The molecule has 0 spiro atoms. The predicted molar refractivity (Wildman–Crippen MR) is 77.9 cm³/mol. The van der Waals surface area contributed by atoms with Gasteiger partial charge in [-0.1, -0.05) is 23.7 Å². The van der Waals surface area contributed by atoms with Crippen LogP contribution in [0.1, 0.15) is 44.2 Å². The number of halogens is 1. The summed E-state index contributed by atoms with van der Waals surface area (Å²) in [5, 5.41) is 3.79. The van der Waals surface area contributed by atoms with Gasteiger partial charge in [-0.3, -0.25) is 4.79 Å². The van der Waals surface area contributed by atoms with E-state index in [4.69, 9.17) is 17.3 Å². The van der Waals surface area contributed by atoms with Crippen molar-refractivity contribution in [1.82, 2.24) is 5.32 Å².